The fraction of sp³-hybridized carbons (Fsp3) is 0.667. The van der Waals surface area contributed by atoms with Crippen molar-refractivity contribution in [1.29, 1.82) is 0 Å². The Balaban J connectivity index is 2.19. The van der Waals surface area contributed by atoms with E-state index in [-0.39, 0.29) is 17.0 Å². The minimum absolute atomic E-state index is 0.0915. The Bertz CT molecular complexity index is 395. The topological polar surface area (TPSA) is 52.1 Å². The summed E-state index contributed by atoms with van der Waals surface area (Å²) in [5.74, 6) is -0.437. The van der Waals surface area contributed by atoms with Crippen molar-refractivity contribution in [2.75, 3.05) is 0 Å². The molecule has 5 heteroatoms. The minimum atomic E-state index is -0.437. The van der Waals surface area contributed by atoms with Crippen molar-refractivity contribution in [3.63, 3.8) is 0 Å². The molecule has 0 fully saturated rings. The van der Waals surface area contributed by atoms with Crippen LogP contribution in [-0.2, 0) is 4.74 Å². The van der Waals surface area contributed by atoms with E-state index in [9.17, 15) is 4.79 Å². The van der Waals surface area contributed by atoms with Crippen molar-refractivity contribution in [1.82, 2.24) is 9.97 Å². The summed E-state index contributed by atoms with van der Waals surface area (Å²) in [5.41, 5.74) is 0.198. The second-order valence-electron chi connectivity index (χ2n) is 5.00. The number of rotatable bonds is 9. The highest BCUT2D eigenvalue weighted by Crippen LogP contribution is 2.11. The molecule has 1 atom stereocenters. The van der Waals surface area contributed by atoms with E-state index in [1.54, 1.807) is 0 Å². The lowest BCUT2D eigenvalue weighted by atomic mass is 10.1. The molecule has 0 bridgehead atoms. The van der Waals surface area contributed by atoms with E-state index in [1.807, 2.05) is 6.92 Å². The van der Waals surface area contributed by atoms with Gasteiger partial charge in [-0.1, -0.05) is 50.6 Å². The van der Waals surface area contributed by atoms with Gasteiger partial charge in [-0.3, -0.25) is 0 Å². The zero-order valence-electron chi connectivity index (χ0n) is 12.3. The third kappa shape index (κ3) is 6.85. The molecule has 1 aromatic rings. The van der Waals surface area contributed by atoms with E-state index in [1.165, 1.54) is 44.5 Å². The molecule has 20 heavy (non-hydrogen) atoms. The molecule has 0 N–H and O–H groups in total. The van der Waals surface area contributed by atoms with Crippen molar-refractivity contribution >= 4 is 17.6 Å². The van der Waals surface area contributed by atoms with Crippen LogP contribution < -0.4 is 0 Å². The van der Waals surface area contributed by atoms with Crippen LogP contribution in [0.3, 0.4) is 0 Å². The summed E-state index contributed by atoms with van der Waals surface area (Å²) in [7, 11) is 0. The quantitative estimate of drug-likeness (QED) is 0.500. The van der Waals surface area contributed by atoms with Crippen LogP contribution in [0.2, 0.25) is 5.15 Å². The third-order valence-corrected chi connectivity index (χ3v) is 3.30. The fourth-order valence-corrected chi connectivity index (χ4v) is 2.03. The van der Waals surface area contributed by atoms with Crippen LogP contribution >= 0.6 is 11.6 Å². The molecule has 0 aliphatic rings. The summed E-state index contributed by atoms with van der Waals surface area (Å²) in [6.07, 6.45) is 10.9. The molecule has 0 aliphatic carbocycles. The Morgan fingerprint density at radius 1 is 1.20 bits per heavy atom. The standard InChI is InChI=1S/C15H23ClN2O2/c1-3-4-5-6-7-8-9-12(2)20-15(19)13-10-18-14(16)11-17-13/h10-12H,3-9H2,1-2H3/t12-/m1/s1. The molecule has 0 aliphatic heterocycles. The zero-order valence-corrected chi connectivity index (χ0v) is 13.0. The third-order valence-electron chi connectivity index (χ3n) is 3.10. The lowest BCUT2D eigenvalue weighted by molar-refractivity contribution is 0.0312. The minimum Gasteiger partial charge on any atom is -0.458 e. The fourth-order valence-electron chi connectivity index (χ4n) is 1.93. The average molecular weight is 299 g/mol. The van der Waals surface area contributed by atoms with Gasteiger partial charge in [-0.2, -0.15) is 0 Å². The van der Waals surface area contributed by atoms with Crippen LogP contribution in [0.1, 0.15) is 69.3 Å². The number of carbonyl (C=O) groups excluding carboxylic acids is 1. The maximum atomic E-state index is 11.8. The molecular formula is C15H23ClN2O2. The second-order valence-corrected chi connectivity index (χ2v) is 5.38. The predicted molar refractivity (Wildman–Crippen MR) is 79.9 cm³/mol. The number of hydrogen-bond donors (Lipinski definition) is 0. The number of esters is 1. The first-order chi connectivity index (χ1) is 9.63. The van der Waals surface area contributed by atoms with Gasteiger partial charge in [0.25, 0.3) is 0 Å². The molecule has 0 saturated heterocycles. The largest absolute Gasteiger partial charge is 0.458 e. The number of aromatic nitrogens is 2. The molecule has 1 rings (SSSR count). The van der Waals surface area contributed by atoms with Gasteiger partial charge in [0.05, 0.1) is 18.5 Å². The van der Waals surface area contributed by atoms with Gasteiger partial charge in [0.15, 0.2) is 5.69 Å². The van der Waals surface area contributed by atoms with Crippen molar-refractivity contribution in [2.24, 2.45) is 0 Å². The highest BCUT2D eigenvalue weighted by Gasteiger charge is 2.13. The highest BCUT2D eigenvalue weighted by atomic mass is 35.5. The van der Waals surface area contributed by atoms with Gasteiger partial charge in [0.1, 0.15) is 5.15 Å². The van der Waals surface area contributed by atoms with Gasteiger partial charge in [0.2, 0.25) is 0 Å². The molecule has 4 nitrogen and oxygen atoms in total. The SMILES string of the molecule is CCCCCCCC[C@@H](C)OC(=O)c1cnc(Cl)cn1. The Hall–Kier alpha value is -1.16. The van der Waals surface area contributed by atoms with Crippen molar-refractivity contribution in [3.05, 3.63) is 23.2 Å². The maximum absolute atomic E-state index is 11.8. The number of carbonyl (C=O) groups is 1. The normalized spacial score (nSPS) is 12.2. The zero-order chi connectivity index (χ0) is 14.8. The van der Waals surface area contributed by atoms with Gasteiger partial charge >= 0.3 is 5.97 Å². The number of ether oxygens (including phenoxy) is 1. The molecule has 0 saturated carbocycles. The summed E-state index contributed by atoms with van der Waals surface area (Å²) in [6.45, 7) is 4.12. The van der Waals surface area contributed by atoms with Crippen LogP contribution in [0.4, 0.5) is 0 Å². The van der Waals surface area contributed by atoms with E-state index < -0.39 is 5.97 Å². The van der Waals surface area contributed by atoms with Gasteiger partial charge in [0, 0.05) is 0 Å². The van der Waals surface area contributed by atoms with Crippen molar-refractivity contribution in [2.45, 2.75) is 64.9 Å². The smallest absolute Gasteiger partial charge is 0.358 e. The van der Waals surface area contributed by atoms with Crippen LogP contribution in [0.5, 0.6) is 0 Å². The van der Waals surface area contributed by atoms with Gasteiger partial charge < -0.3 is 4.74 Å². The first-order valence-corrected chi connectivity index (χ1v) is 7.69. The number of hydrogen-bond acceptors (Lipinski definition) is 4. The summed E-state index contributed by atoms with van der Waals surface area (Å²) in [6, 6.07) is 0. The molecule has 1 heterocycles. The predicted octanol–water partition coefficient (Wildman–Crippen LogP) is 4.43. The second kappa shape index (κ2) is 9.70. The monoisotopic (exact) mass is 298 g/mol. The molecule has 0 aromatic carbocycles. The number of halogens is 1. The Kier molecular flexibility index (Phi) is 8.19. The van der Waals surface area contributed by atoms with Crippen molar-refractivity contribution < 1.29 is 9.53 Å². The molecule has 0 spiro atoms. The van der Waals surface area contributed by atoms with Gasteiger partial charge in [-0.15, -0.1) is 0 Å². The van der Waals surface area contributed by atoms with Crippen LogP contribution in [0, 0.1) is 0 Å². The first-order valence-electron chi connectivity index (χ1n) is 7.32. The van der Waals surface area contributed by atoms with Gasteiger partial charge in [-0.05, 0) is 19.8 Å². The summed E-state index contributed by atoms with van der Waals surface area (Å²) in [5, 5.41) is 0.265. The van der Waals surface area contributed by atoms with Crippen LogP contribution in [0.25, 0.3) is 0 Å². The van der Waals surface area contributed by atoms with E-state index in [0.29, 0.717) is 0 Å². The Morgan fingerprint density at radius 2 is 1.90 bits per heavy atom. The Labute approximate surface area is 125 Å². The molecule has 0 unspecified atom stereocenters. The average Bonchev–Trinajstić information content (AvgIpc) is 2.43. The highest BCUT2D eigenvalue weighted by molar-refractivity contribution is 6.29. The van der Waals surface area contributed by atoms with E-state index in [0.717, 1.165) is 12.8 Å². The molecule has 112 valence electrons. The van der Waals surface area contributed by atoms with E-state index in [2.05, 4.69) is 16.9 Å². The first kappa shape index (κ1) is 16.9. The van der Waals surface area contributed by atoms with Crippen LogP contribution in [-0.4, -0.2) is 22.0 Å². The number of unbranched alkanes of at least 4 members (excludes halogenated alkanes) is 5. The van der Waals surface area contributed by atoms with E-state index >= 15 is 0 Å². The van der Waals surface area contributed by atoms with Crippen molar-refractivity contribution in [3.8, 4) is 0 Å². The molecular weight excluding hydrogens is 276 g/mol. The van der Waals surface area contributed by atoms with E-state index in [4.69, 9.17) is 16.3 Å². The molecule has 0 radical (unpaired) electrons. The number of nitrogens with zero attached hydrogens (tertiary/aromatic N) is 2. The maximum Gasteiger partial charge on any atom is 0.358 e. The van der Waals surface area contributed by atoms with Crippen LogP contribution in [0.15, 0.2) is 12.4 Å². The molecule has 0 amide bonds. The summed E-state index contributed by atoms with van der Waals surface area (Å²) in [4.78, 5) is 19.5. The Morgan fingerprint density at radius 3 is 2.55 bits per heavy atom. The lowest BCUT2D eigenvalue weighted by Gasteiger charge is -2.12. The van der Waals surface area contributed by atoms with Gasteiger partial charge in [-0.25, -0.2) is 14.8 Å². The molecule has 1 aromatic heterocycles. The summed E-state index contributed by atoms with van der Waals surface area (Å²) >= 11 is 5.62. The summed E-state index contributed by atoms with van der Waals surface area (Å²) < 4.78 is 5.32. The lowest BCUT2D eigenvalue weighted by Crippen LogP contribution is -2.16.